The molecular formula is C21H17BrFNO. The molecular weight excluding hydrogens is 381 g/mol. The topological polar surface area (TPSA) is 43.1 Å². The Morgan fingerprint density at radius 1 is 0.840 bits per heavy atom. The Morgan fingerprint density at radius 2 is 1.28 bits per heavy atom. The number of rotatable bonds is 5. The van der Waals surface area contributed by atoms with Gasteiger partial charge in [0.1, 0.15) is 5.82 Å². The molecule has 0 aromatic heterocycles. The second kappa shape index (κ2) is 7.72. The molecule has 2 nitrogen and oxygen atoms in total. The SMILES string of the molecule is NCC(c1ccc(Br)cc1)c1ccc(C(=O)c2ccc(F)cc2)cc1. The van der Waals surface area contributed by atoms with Gasteiger partial charge in [0, 0.05) is 28.1 Å². The number of hydrogen-bond donors (Lipinski definition) is 1. The summed E-state index contributed by atoms with van der Waals surface area (Å²) in [4.78, 5) is 12.5. The summed E-state index contributed by atoms with van der Waals surface area (Å²) >= 11 is 3.43. The van der Waals surface area contributed by atoms with Gasteiger partial charge in [0.15, 0.2) is 5.78 Å². The van der Waals surface area contributed by atoms with Crippen molar-refractivity contribution in [3.05, 3.63) is 105 Å². The minimum atomic E-state index is -0.354. The third-order valence-electron chi connectivity index (χ3n) is 4.19. The number of benzene rings is 3. The van der Waals surface area contributed by atoms with Gasteiger partial charge in [-0.3, -0.25) is 4.79 Å². The maximum atomic E-state index is 13.0. The molecule has 0 radical (unpaired) electrons. The van der Waals surface area contributed by atoms with Gasteiger partial charge >= 0.3 is 0 Å². The van der Waals surface area contributed by atoms with Crippen LogP contribution in [0, 0.1) is 5.82 Å². The van der Waals surface area contributed by atoms with Gasteiger partial charge in [-0.15, -0.1) is 0 Å². The molecule has 126 valence electrons. The Balaban J connectivity index is 1.84. The van der Waals surface area contributed by atoms with Crippen LogP contribution in [0.25, 0.3) is 0 Å². The Bertz CT molecular complexity index is 858. The van der Waals surface area contributed by atoms with E-state index >= 15 is 0 Å². The van der Waals surface area contributed by atoms with Crippen molar-refractivity contribution in [2.75, 3.05) is 6.54 Å². The summed E-state index contributed by atoms with van der Waals surface area (Å²) in [6, 6.07) is 21.1. The summed E-state index contributed by atoms with van der Waals surface area (Å²) in [5.41, 5.74) is 9.19. The fourth-order valence-electron chi connectivity index (χ4n) is 2.79. The maximum absolute atomic E-state index is 13.0. The van der Waals surface area contributed by atoms with Crippen LogP contribution in [0.1, 0.15) is 33.0 Å². The van der Waals surface area contributed by atoms with E-state index < -0.39 is 0 Å². The number of hydrogen-bond acceptors (Lipinski definition) is 2. The lowest BCUT2D eigenvalue weighted by Gasteiger charge is -2.16. The van der Waals surface area contributed by atoms with Crippen LogP contribution < -0.4 is 5.73 Å². The molecule has 3 rings (SSSR count). The Morgan fingerprint density at radius 3 is 1.76 bits per heavy atom. The minimum absolute atomic E-state index is 0.0723. The van der Waals surface area contributed by atoms with Gasteiger partial charge in [0.05, 0.1) is 0 Å². The van der Waals surface area contributed by atoms with Crippen molar-refractivity contribution in [2.24, 2.45) is 5.73 Å². The predicted molar refractivity (Wildman–Crippen MR) is 101 cm³/mol. The molecule has 0 saturated carbocycles. The van der Waals surface area contributed by atoms with Crippen molar-refractivity contribution < 1.29 is 9.18 Å². The van der Waals surface area contributed by atoms with Gasteiger partial charge in [-0.05, 0) is 47.5 Å². The number of carbonyl (C=O) groups is 1. The van der Waals surface area contributed by atoms with E-state index in [2.05, 4.69) is 15.9 Å². The van der Waals surface area contributed by atoms with E-state index in [1.807, 2.05) is 36.4 Å². The molecule has 0 bridgehead atoms. The van der Waals surface area contributed by atoms with Crippen molar-refractivity contribution in [3.63, 3.8) is 0 Å². The average molecular weight is 398 g/mol. The van der Waals surface area contributed by atoms with Gasteiger partial charge in [0.25, 0.3) is 0 Å². The molecule has 0 saturated heterocycles. The fourth-order valence-corrected chi connectivity index (χ4v) is 3.06. The number of nitrogens with two attached hydrogens (primary N) is 1. The van der Waals surface area contributed by atoms with E-state index in [9.17, 15) is 9.18 Å². The Kier molecular flexibility index (Phi) is 5.41. The molecule has 1 unspecified atom stereocenters. The number of carbonyl (C=O) groups excluding carboxylic acids is 1. The first-order valence-electron chi connectivity index (χ1n) is 7.94. The van der Waals surface area contributed by atoms with Crippen LogP contribution in [0.15, 0.2) is 77.3 Å². The summed E-state index contributed by atoms with van der Waals surface area (Å²) in [5, 5.41) is 0. The largest absolute Gasteiger partial charge is 0.330 e. The van der Waals surface area contributed by atoms with Crippen LogP contribution in [-0.4, -0.2) is 12.3 Å². The molecule has 0 aliphatic rings. The van der Waals surface area contributed by atoms with E-state index in [0.29, 0.717) is 17.7 Å². The molecule has 0 amide bonds. The monoisotopic (exact) mass is 397 g/mol. The normalized spacial score (nSPS) is 12.0. The van der Waals surface area contributed by atoms with E-state index in [1.165, 1.54) is 24.3 Å². The molecule has 0 aliphatic carbocycles. The lowest BCUT2D eigenvalue weighted by Crippen LogP contribution is -2.14. The number of halogens is 2. The first kappa shape index (κ1) is 17.5. The van der Waals surface area contributed by atoms with E-state index in [0.717, 1.165) is 15.6 Å². The van der Waals surface area contributed by atoms with Gasteiger partial charge in [0.2, 0.25) is 0 Å². The summed E-state index contributed by atoms with van der Waals surface area (Å²) in [7, 11) is 0. The third-order valence-corrected chi connectivity index (χ3v) is 4.72. The molecule has 3 aromatic rings. The van der Waals surface area contributed by atoms with Crippen molar-refractivity contribution >= 4 is 21.7 Å². The summed E-state index contributed by atoms with van der Waals surface area (Å²) in [6.07, 6.45) is 0. The molecule has 3 aromatic carbocycles. The van der Waals surface area contributed by atoms with Crippen molar-refractivity contribution in [2.45, 2.75) is 5.92 Å². The standard InChI is InChI=1S/C21H17BrFNO/c22-18-9-5-15(6-10-18)20(13-24)14-1-3-16(4-2-14)21(25)17-7-11-19(23)12-8-17/h1-12,20H,13,24H2. The second-order valence-corrected chi connectivity index (χ2v) is 6.71. The molecule has 2 N–H and O–H groups in total. The summed E-state index contributed by atoms with van der Waals surface area (Å²) < 4.78 is 14.0. The highest BCUT2D eigenvalue weighted by Crippen LogP contribution is 2.26. The molecule has 25 heavy (non-hydrogen) atoms. The highest BCUT2D eigenvalue weighted by Gasteiger charge is 2.14. The molecule has 0 heterocycles. The van der Waals surface area contributed by atoms with Crippen LogP contribution in [0.5, 0.6) is 0 Å². The van der Waals surface area contributed by atoms with Crippen LogP contribution in [0.2, 0.25) is 0 Å². The first-order chi connectivity index (χ1) is 12.1. The quantitative estimate of drug-likeness (QED) is 0.621. The second-order valence-electron chi connectivity index (χ2n) is 5.80. The molecule has 0 fully saturated rings. The van der Waals surface area contributed by atoms with Gasteiger partial charge in [-0.2, -0.15) is 0 Å². The zero-order chi connectivity index (χ0) is 17.8. The minimum Gasteiger partial charge on any atom is -0.330 e. The average Bonchev–Trinajstić information content (AvgIpc) is 2.64. The van der Waals surface area contributed by atoms with Crippen LogP contribution in [0.4, 0.5) is 4.39 Å². The van der Waals surface area contributed by atoms with E-state index in [1.54, 1.807) is 12.1 Å². The zero-order valence-corrected chi connectivity index (χ0v) is 15.0. The van der Waals surface area contributed by atoms with Gasteiger partial charge in [-0.25, -0.2) is 4.39 Å². The smallest absolute Gasteiger partial charge is 0.193 e. The summed E-state index contributed by atoms with van der Waals surface area (Å²) in [5.74, 6) is -0.408. The van der Waals surface area contributed by atoms with Crippen molar-refractivity contribution in [1.29, 1.82) is 0 Å². The molecule has 4 heteroatoms. The highest BCUT2D eigenvalue weighted by atomic mass is 79.9. The van der Waals surface area contributed by atoms with E-state index in [4.69, 9.17) is 5.73 Å². The van der Waals surface area contributed by atoms with Crippen LogP contribution in [-0.2, 0) is 0 Å². The van der Waals surface area contributed by atoms with E-state index in [-0.39, 0.29) is 17.5 Å². The maximum Gasteiger partial charge on any atom is 0.193 e. The van der Waals surface area contributed by atoms with Crippen LogP contribution in [0.3, 0.4) is 0 Å². The zero-order valence-electron chi connectivity index (χ0n) is 13.5. The first-order valence-corrected chi connectivity index (χ1v) is 8.73. The molecule has 0 spiro atoms. The summed E-state index contributed by atoms with van der Waals surface area (Å²) in [6.45, 7) is 0.479. The van der Waals surface area contributed by atoms with Crippen LogP contribution >= 0.6 is 15.9 Å². The Hall–Kier alpha value is -2.30. The fraction of sp³-hybridized carbons (Fsp3) is 0.0952. The third kappa shape index (κ3) is 4.03. The van der Waals surface area contributed by atoms with Gasteiger partial charge in [-0.1, -0.05) is 52.3 Å². The lowest BCUT2D eigenvalue weighted by molar-refractivity contribution is 0.103. The lowest BCUT2D eigenvalue weighted by atomic mass is 9.90. The predicted octanol–water partition coefficient (Wildman–Crippen LogP) is 4.91. The number of ketones is 1. The highest BCUT2D eigenvalue weighted by molar-refractivity contribution is 9.10. The van der Waals surface area contributed by atoms with Gasteiger partial charge < -0.3 is 5.73 Å². The molecule has 1 atom stereocenters. The Labute approximate surface area is 154 Å². The van der Waals surface area contributed by atoms with Crippen molar-refractivity contribution in [3.8, 4) is 0 Å². The molecule has 0 aliphatic heterocycles. The van der Waals surface area contributed by atoms with Crippen molar-refractivity contribution in [1.82, 2.24) is 0 Å².